The number of hydrogen-bond acceptors (Lipinski definition) is 6. The normalized spacial score (nSPS) is 19.1. The Morgan fingerprint density at radius 3 is 2.32 bits per heavy atom. The number of ether oxygens (including phenoxy) is 2. The van der Waals surface area contributed by atoms with Crippen LogP contribution in [0.4, 0.5) is 5.69 Å². The molecule has 1 saturated carbocycles. The molecule has 2 aliphatic heterocycles. The van der Waals surface area contributed by atoms with Gasteiger partial charge in [0.15, 0.2) is 11.5 Å². The van der Waals surface area contributed by atoms with E-state index in [1.54, 1.807) is 26.4 Å². The van der Waals surface area contributed by atoms with Crippen LogP contribution in [0.3, 0.4) is 0 Å². The summed E-state index contributed by atoms with van der Waals surface area (Å²) in [5, 5.41) is 0. The maximum atomic E-state index is 13.5. The largest absolute Gasteiger partial charge is 0.493 e. The highest BCUT2D eigenvalue weighted by molar-refractivity contribution is 6.23. The Kier molecular flexibility index (Phi) is 6.46. The second-order valence-corrected chi connectivity index (χ2v) is 9.52. The number of piperazine rings is 1. The molecule has 34 heavy (non-hydrogen) atoms. The standard InChI is InChI=1S/C27H33N3O4/c1-33-23-11-10-20(16-24(23)34-2)18-30-26(31)21-8-5-9-22(25(21)27(30)32)29-14-12-28(13-15-29)17-19-6-3-4-7-19/h5,8-11,16,19H,3-4,6-7,12-15,17-18H2,1-2H3. The molecule has 2 aromatic rings. The predicted molar refractivity (Wildman–Crippen MR) is 131 cm³/mol. The van der Waals surface area contributed by atoms with E-state index in [2.05, 4.69) is 9.80 Å². The van der Waals surface area contributed by atoms with Crippen molar-refractivity contribution in [3.8, 4) is 11.5 Å². The van der Waals surface area contributed by atoms with E-state index in [4.69, 9.17) is 9.47 Å². The summed E-state index contributed by atoms with van der Waals surface area (Å²) in [6.45, 7) is 5.13. The van der Waals surface area contributed by atoms with E-state index < -0.39 is 0 Å². The van der Waals surface area contributed by atoms with E-state index >= 15 is 0 Å². The number of imide groups is 1. The zero-order valence-electron chi connectivity index (χ0n) is 20.1. The van der Waals surface area contributed by atoms with Gasteiger partial charge < -0.3 is 14.4 Å². The minimum absolute atomic E-state index is 0.196. The van der Waals surface area contributed by atoms with Gasteiger partial charge in [-0.15, -0.1) is 0 Å². The zero-order valence-corrected chi connectivity index (χ0v) is 20.1. The SMILES string of the molecule is COc1ccc(CN2C(=O)c3cccc(N4CCN(CC5CCCC5)CC4)c3C2=O)cc1OC. The van der Waals surface area contributed by atoms with Crippen molar-refractivity contribution in [1.82, 2.24) is 9.80 Å². The smallest absolute Gasteiger partial charge is 0.263 e. The van der Waals surface area contributed by atoms with Crippen molar-refractivity contribution < 1.29 is 19.1 Å². The van der Waals surface area contributed by atoms with Crippen molar-refractivity contribution in [3.05, 3.63) is 53.1 Å². The number of rotatable bonds is 7. The quantitative estimate of drug-likeness (QED) is 0.582. The number of carbonyl (C=O) groups is 2. The Morgan fingerprint density at radius 2 is 1.62 bits per heavy atom. The first-order chi connectivity index (χ1) is 16.6. The second-order valence-electron chi connectivity index (χ2n) is 9.52. The van der Waals surface area contributed by atoms with Crippen LogP contribution in [0, 0.1) is 5.92 Å². The van der Waals surface area contributed by atoms with E-state index in [9.17, 15) is 9.59 Å². The van der Waals surface area contributed by atoms with Crippen LogP contribution in [0.5, 0.6) is 11.5 Å². The third-order valence-corrected chi connectivity index (χ3v) is 7.47. The first-order valence-electron chi connectivity index (χ1n) is 12.3. The zero-order chi connectivity index (χ0) is 23.7. The molecular weight excluding hydrogens is 430 g/mol. The molecule has 1 aliphatic carbocycles. The lowest BCUT2D eigenvalue weighted by Crippen LogP contribution is -2.48. The molecule has 5 rings (SSSR count). The van der Waals surface area contributed by atoms with Gasteiger partial charge in [0.05, 0.1) is 37.6 Å². The maximum Gasteiger partial charge on any atom is 0.263 e. The molecule has 7 heteroatoms. The van der Waals surface area contributed by atoms with E-state index in [-0.39, 0.29) is 18.4 Å². The highest BCUT2D eigenvalue weighted by Gasteiger charge is 2.39. The fraction of sp³-hybridized carbons (Fsp3) is 0.481. The minimum atomic E-state index is -0.239. The van der Waals surface area contributed by atoms with Gasteiger partial charge in [0.25, 0.3) is 11.8 Å². The fourth-order valence-electron chi connectivity index (χ4n) is 5.61. The van der Waals surface area contributed by atoms with Crippen LogP contribution in [0.25, 0.3) is 0 Å². The number of benzene rings is 2. The van der Waals surface area contributed by atoms with Gasteiger partial charge in [0, 0.05) is 32.7 Å². The molecule has 1 saturated heterocycles. The molecule has 3 aliphatic rings. The summed E-state index contributed by atoms with van der Waals surface area (Å²) in [7, 11) is 3.15. The van der Waals surface area contributed by atoms with Gasteiger partial charge in [-0.3, -0.25) is 19.4 Å². The van der Waals surface area contributed by atoms with E-state index in [0.717, 1.165) is 43.3 Å². The number of carbonyl (C=O) groups excluding carboxylic acids is 2. The molecule has 2 fully saturated rings. The molecule has 2 aromatic carbocycles. The molecule has 7 nitrogen and oxygen atoms in total. The van der Waals surface area contributed by atoms with Crippen molar-refractivity contribution in [3.63, 3.8) is 0 Å². The predicted octanol–water partition coefficient (Wildman–Crippen LogP) is 3.81. The monoisotopic (exact) mass is 463 g/mol. The molecule has 0 aromatic heterocycles. The van der Waals surface area contributed by atoms with Crippen molar-refractivity contribution in [2.24, 2.45) is 5.92 Å². The minimum Gasteiger partial charge on any atom is -0.493 e. The summed E-state index contributed by atoms with van der Waals surface area (Å²) in [6, 6.07) is 11.1. The third kappa shape index (κ3) is 4.25. The average Bonchev–Trinajstić information content (AvgIpc) is 3.47. The number of anilines is 1. The van der Waals surface area contributed by atoms with Gasteiger partial charge in [-0.25, -0.2) is 0 Å². The molecular formula is C27H33N3O4. The molecule has 0 N–H and O–H groups in total. The van der Waals surface area contributed by atoms with Crippen LogP contribution in [0.15, 0.2) is 36.4 Å². The first kappa shape index (κ1) is 22.7. The molecule has 2 heterocycles. The first-order valence-corrected chi connectivity index (χ1v) is 12.3. The third-order valence-electron chi connectivity index (χ3n) is 7.47. The molecule has 180 valence electrons. The summed E-state index contributed by atoms with van der Waals surface area (Å²) >= 11 is 0. The molecule has 0 atom stereocenters. The number of fused-ring (bicyclic) bond motifs is 1. The lowest BCUT2D eigenvalue weighted by molar-refractivity contribution is 0.0642. The van der Waals surface area contributed by atoms with Crippen LogP contribution in [0.2, 0.25) is 0 Å². The van der Waals surface area contributed by atoms with E-state index in [1.165, 1.54) is 37.1 Å². The maximum absolute atomic E-state index is 13.5. The Morgan fingerprint density at radius 1 is 0.882 bits per heavy atom. The van der Waals surface area contributed by atoms with Crippen LogP contribution < -0.4 is 14.4 Å². The van der Waals surface area contributed by atoms with Crippen LogP contribution in [-0.2, 0) is 6.54 Å². The van der Waals surface area contributed by atoms with Gasteiger partial charge in [0.2, 0.25) is 0 Å². The lowest BCUT2D eigenvalue weighted by Gasteiger charge is -2.37. The second kappa shape index (κ2) is 9.66. The highest BCUT2D eigenvalue weighted by Crippen LogP contribution is 2.35. The molecule has 0 unspecified atom stereocenters. The van der Waals surface area contributed by atoms with Gasteiger partial charge in [-0.2, -0.15) is 0 Å². The van der Waals surface area contributed by atoms with Gasteiger partial charge in [-0.05, 0) is 48.6 Å². The summed E-state index contributed by atoms with van der Waals surface area (Å²) in [5.74, 6) is 1.57. The Balaban J connectivity index is 1.31. The summed E-state index contributed by atoms with van der Waals surface area (Å²) < 4.78 is 10.7. The summed E-state index contributed by atoms with van der Waals surface area (Å²) in [4.78, 5) is 32.8. The average molecular weight is 464 g/mol. The van der Waals surface area contributed by atoms with Crippen molar-refractivity contribution in [2.45, 2.75) is 32.2 Å². The fourth-order valence-corrected chi connectivity index (χ4v) is 5.61. The van der Waals surface area contributed by atoms with E-state index in [0.29, 0.717) is 22.6 Å². The van der Waals surface area contributed by atoms with Gasteiger partial charge in [0.1, 0.15) is 0 Å². The Hall–Kier alpha value is -3.06. The molecule has 0 bridgehead atoms. The van der Waals surface area contributed by atoms with E-state index in [1.807, 2.05) is 24.3 Å². The highest BCUT2D eigenvalue weighted by atomic mass is 16.5. The topological polar surface area (TPSA) is 62.3 Å². The van der Waals surface area contributed by atoms with Crippen molar-refractivity contribution >= 4 is 17.5 Å². The summed E-state index contributed by atoms with van der Waals surface area (Å²) in [6.07, 6.45) is 5.46. The van der Waals surface area contributed by atoms with Crippen LogP contribution in [-0.4, -0.2) is 68.6 Å². The van der Waals surface area contributed by atoms with Crippen molar-refractivity contribution in [1.29, 1.82) is 0 Å². The Labute approximate surface area is 201 Å². The molecule has 2 amide bonds. The summed E-state index contributed by atoms with van der Waals surface area (Å²) in [5.41, 5.74) is 2.73. The van der Waals surface area contributed by atoms with Crippen LogP contribution >= 0.6 is 0 Å². The Bertz CT molecular complexity index is 1070. The lowest BCUT2D eigenvalue weighted by atomic mass is 10.0. The molecule has 0 radical (unpaired) electrons. The van der Waals surface area contributed by atoms with Gasteiger partial charge >= 0.3 is 0 Å². The number of methoxy groups -OCH3 is 2. The number of nitrogens with zero attached hydrogens (tertiary/aromatic N) is 3. The molecule has 0 spiro atoms. The van der Waals surface area contributed by atoms with Crippen LogP contribution in [0.1, 0.15) is 52.0 Å². The number of amides is 2. The number of hydrogen-bond donors (Lipinski definition) is 0. The van der Waals surface area contributed by atoms with Gasteiger partial charge in [-0.1, -0.05) is 25.0 Å². The van der Waals surface area contributed by atoms with Crippen molar-refractivity contribution in [2.75, 3.05) is 51.8 Å².